The van der Waals surface area contributed by atoms with Crippen molar-refractivity contribution in [1.82, 2.24) is 0 Å². The lowest BCUT2D eigenvalue weighted by Gasteiger charge is -2.09. The van der Waals surface area contributed by atoms with Crippen molar-refractivity contribution in [2.75, 3.05) is 12.3 Å². The van der Waals surface area contributed by atoms with Gasteiger partial charge in [-0.2, -0.15) is 0 Å². The highest BCUT2D eigenvalue weighted by atomic mass is 35.5. The van der Waals surface area contributed by atoms with Crippen molar-refractivity contribution in [3.05, 3.63) is 29.8 Å². The van der Waals surface area contributed by atoms with Crippen LogP contribution in [0.1, 0.15) is 18.5 Å². The van der Waals surface area contributed by atoms with E-state index >= 15 is 0 Å². The lowest BCUT2D eigenvalue weighted by atomic mass is 10.1. The highest BCUT2D eigenvalue weighted by Crippen LogP contribution is 2.19. The van der Waals surface area contributed by atoms with Crippen LogP contribution in [0.3, 0.4) is 0 Å². The first kappa shape index (κ1) is 13.8. The third-order valence-electron chi connectivity index (χ3n) is 1.87. The third kappa shape index (κ3) is 3.88. The molecule has 4 N–H and O–H groups in total. The molecule has 2 nitrogen and oxygen atoms in total. The summed E-state index contributed by atoms with van der Waals surface area (Å²) in [6.07, 6.45) is 0. The van der Waals surface area contributed by atoms with Gasteiger partial charge >= 0.3 is 0 Å². The number of benzene rings is 1. The molecule has 0 bridgehead atoms. The summed E-state index contributed by atoms with van der Waals surface area (Å²) in [5, 5.41) is 0. The van der Waals surface area contributed by atoms with Gasteiger partial charge in [-0.1, -0.05) is 19.1 Å². The molecule has 14 heavy (non-hydrogen) atoms. The Kier molecular flexibility index (Phi) is 7.01. The van der Waals surface area contributed by atoms with E-state index in [0.717, 1.165) is 11.3 Å². The largest absolute Gasteiger partial charge is 0.329 e. The lowest BCUT2D eigenvalue weighted by Crippen LogP contribution is -2.20. The van der Waals surface area contributed by atoms with E-state index in [4.69, 9.17) is 11.5 Å². The van der Waals surface area contributed by atoms with Gasteiger partial charge in [-0.05, 0) is 23.4 Å². The van der Waals surface area contributed by atoms with Crippen molar-refractivity contribution in [1.29, 1.82) is 0 Å². The van der Waals surface area contributed by atoms with Crippen LogP contribution in [0.4, 0.5) is 0 Å². The molecule has 0 saturated heterocycles. The summed E-state index contributed by atoms with van der Waals surface area (Å²) < 4.78 is 0. The predicted molar refractivity (Wildman–Crippen MR) is 66.1 cm³/mol. The van der Waals surface area contributed by atoms with Crippen molar-refractivity contribution in [2.45, 2.75) is 17.9 Å². The fraction of sp³-hybridized carbons (Fsp3) is 0.400. The SMILES string of the molecule is CCSc1ccc([C@H](N)CN)cc1.Cl. The van der Waals surface area contributed by atoms with Crippen LogP contribution in [0.2, 0.25) is 0 Å². The molecular weight excluding hydrogens is 216 g/mol. The molecule has 0 saturated carbocycles. The fourth-order valence-electron chi connectivity index (χ4n) is 1.11. The van der Waals surface area contributed by atoms with Crippen LogP contribution in [0, 0.1) is 0 Å². The summed E-state index contributed by atoms with van der Waals surface area (Å²) in [6, 6.07) is 8.27. The molecule has 0 aliphatic carbocycles. The quantitative estimate of drug-likeness (QED) is 0.783. The molecule has 0 aromatic heterocycles. The highest BCUT2D eigenvalue weighted by molar-refractivity contribution is 7.99. The topological polar surface area (TPSA) is 52.0 Å². The Morgan fingerprint density at radius 3 is 2.29 bits per heavy atom. The zero-order valence-electron chi connectivity index (χ0n) is 8.27. The van der Waals surface area contributed by atoms with E-state index < -0.39 is 0 Å². The molecule has 1 atom stereocenters. The van der Waals surface area contributed by atoms with Crippen LogP contribution in [-0.2, 0) is 0 Å². The Hall–Kier alpha value is -0.220. The molecular formula is C10H17ClN2S. The Labute approximate surface area is 95.8 Å². The molecule has 0 unspecified atom stereocenters. The zero-order valence-corrected chi connectivity index (χ0v) is 9.91. The first-order chi connectivity index (χ1) is 6.27. The normalized spacial score (nSPS) is 11.9. The van der Waals surface area contributed by atoms with Crippen LogP contribution >= 0.6 is 24.2 Å². The molecule has 0 spiro atoms. The van der Waals surface area contributed by atoms with Crippen LogP contribution < -0.4 is 11.5 Å². The first-order valence-electron chi connectivity index (χ1n) is 4.46. The summed E-state index contributed by atoms with van der Waals surface area (Å²) in [6.45, 7) is 2.64. The average Bonchev–Trinajstić information content (AvgIpc) is 2.18. The first-order valence-corrected chi connectivity index (χ1v) is 5.45. The molecule has 0 aliphatic rings. The summed E-state index contributed by atoms with van der Waals surface area (Å²) in [7, 11) is 0. The smallest absolute Gasteiger partial charge is 0.0419 e. The second-order valence-corrected chi connectivity index (χ2v) is 4.18. The Bertz CT molecular complexity index is 251. The molecule has 4 heteroatoms. The standard InChI is InChI=1S/C10H16N2S.ClH/c1-2-13-9-5-3-8(4-6-9)10(12)7-11;/h3-6,10H,2,7,11-12H2,1H3;1H/t10-;/m1./s1. The second kappa shape index (κ2) is 7.12. The van der Waals surface area contributed by atoms with Gasteiger partial charge in [-0.3, -0.25) is 0 Å². The van der Waals surface area contributed by atoms with Gasteiger partial charge in [0.15, 0.2) is 0 Å². The summed E-state index contributed by atoms with van der Waals surface area (Å²) in [5.41, 5.74) is 12.4. The van der Waals surface area contributed by atoms with Crippen LogP contribution in [-0.4, -0.2) is 12.3 Å². The van der Waals surface area contributed by atoms with E-state index in [2.05, 4.69) is 31.2 Å². The summed E-state index contributed by atoms with van der Waals surface area (Å²) >= 11 is 1.83. The summed E-state index contributed by atoms with van der Waals surface area (Å²) in [4.78, 5) is 1.29. The number of hydrogen-bond donors (Lipinski definition) is 2. The Morgan fingerprint density at radius 1 is 1.29 bits per heavy atom. The average molecular weight is 233 g/mol. The van der Waals surface area contributed by atoms with Gasteiger partial charge in [0.1, 0.15) is 0 Å². The van der Waals surface area contributed by atoms with Crippen molar-refractivity contribution in [3.63, 3.8) is 0 Å². The van der Waals surface area contributed by atoms with Crippen molar-refractivity contribution < 1.29 is 0 Å². The number of thioether (sulfide) groups is 1. The highest BCUT2D eigenvalue weighted by Gasteiger charge is 2.02. The molecule has 0 amide bonds. The van der Waals surface area contributed by atoms with Crippen LogP contribution in [0.15, 0.2) is 29.2 Å². The summed E-state index contributed by atoms with van der Waals surface area (Å²) in [5.74, 6) is 1.10. The van der Waals surface area contributed by atoms with E-state index in [9.17, 15) is 0 Å². The number of halogens is 1. The number of hydrogen-bond acceptors (Lipinski definition) is 3. The zero-order chi connectivity index (χ0) is 9.68. The van der Waals surface area contributed by atoms with Crippen LogP contribution in [0.5, 0.6) is 0 Å². The van der Waals surface area contributed by atoms with Gasteiger partial charge in [0.2, 0.25) is 0 Å². The molecule has 0 heterocycles. The number of rotatable bonds is 4. The molecule has 1 aromatic carbocycles. The van der Waals surface area contributed by atoms with E-state index in [1.165, 1.54) is 4.90 Å². The van der Waals surface area contributed by atoms with Crippen molar-refractivity contribution in [2.24, 2.45) is 11.5 Å². The predicted octanol–water partition coefficient (Wildman–Crippen LogP) is 2.18. The van der Waals surface area contributed by atoms with Gasteiger partial charge in [0.05, 0.1) is 0 Å². The minimum atomic E-state index is -0.0272. The molecule has 0 radical (unpaired) electrons. The number of nitrogens with two attached hydrogens (primary N) is 2. The van der Waals surface area contributed by atoms with Gasteiger partial charge in [0.25, 0.3) is 0 Å². The van der Waals surface area contributed by atoms with Crippen molar-refractivity contribution in [3.8, 4) is 0 Å². The minimum absolute atomic E-state index is 0. The molecule has 0 fully saturated rings. The maximum Gasteiger partial charge on any atom is 0.0419 e. The monoisotopic (exact) mass is 232 g/mol. The molecule has 80 valence electrons. The van der Waals surface area contributed by atoms with Gasteiger partial charge in [-0.15, -0.1) is 24.2 Å². The third-order valence-corrected chi connectivity index (χ3v) is 2.77. The molecule has 1 aromatic rings. The lowest BCUT2D eigenvalue weighted by molar-refractivity contribution is 0.736. The van der Waals surface area contributed by atoms with E-state index in [1.54, 1.807) is 0 Å². The fourth-order valence-corrected chi connectivity index (χ4v) is 1.78. The van der Waals surface area contributed by atoms with E-state index in [-0.39, 0.29) is 18.4 Å². The maximum atomic E-state index is 5.79. The molecule has 0 aliphatic heterocycles. The van der Waals surface area contributed by atoms with E-state index in [0.29, 0.717) is 6.54 Å². The van der Waals surface area contributed by atoms with Crippen molar-refractivity contribution >= 4 is 24.2 Å². The van der Waals surface area contributed by atoms with Crippen LogP contribution in [0.25, 0.3) is 0 Å². The van der Waals surface area contributed by atoms with Gasteiger partial charge in [-0.25, -0.2) is 0 Å². The second-order valence-electron chi connectivity index (χ2n) is 2.84. The van der Waals surface area contributed by atoms with Gasteiger partial charge in [0, 0.05) is 17.5 Å². The molecule has 1 rings (SSSR count). The Morgan fingerprint density at radius 2 is 1.86 bits per heavy atom. The Balaban J connectivity index is 0.00000169. The minimum Gasteiger partial charge on any atom is -0.329 e. The maximum absolute atomic E-state index is 5.79. The van der Waals surface area contributed by atoms with Gasteiger partial charge < -0.3 is 11.5 Å². The van der Waals surface area contributed by atoms with E-state index in [1.807, 2.05) is 11.8 Å².